The number of carboxylic acid groups (broad SMARTS) is 1. The molecule has 31 heavy (non-hydrogen) atoms. The van der Waals surface area contributed by atoms with Crippen LogP contribution in [0.25, 0.3) is 17.4 Å². The number of amides is 1. The quantitative estimate of drug-likeness (QED) is 0.291. The molecule has 0 aliphatic rings. The van der Waals surface area contributed by atoms with Crippen LogP contribution in [0.4, 0.5) is 5.69 Å². The lowest BCUT2D eigenvalue weighted by atomic mass is 10.2. The molecule has 0 aliphatic carbocycles. The first-order chi connectivity index (χ1) is 14.7. The lowest BCUT2D eigenvalue weighted by Crippen LogP contribution is -2.32. The fourth-order valence-corrected chi connectivity index (χ4v) is 3.33. The van der Waals surface area contributed by atoms with E-state index < -0.39 is 11.9 Å². The van der Waals surface area contributed by atoms with Crippen LogP contribution in [-0.2, 0) is 4.79 Å². The summed E-state index contributed by atoms with van der Waals surface area (Å²) >= 11 is 23.1. The Morgan fingerprint density at radius 1 is 1.03 bits per heavy atom. The third kappa shape index (κ3) is 5.86. The van der Waals surface area contributed by atoms with Crippen molar-refractivity contribution in [2.45, 2.75) is 0 Å². The molecule has 1 heterocycles. The number of furan rings is 1. The van der Waals surface area contributed by atoms with E-state index in [1.807, 2.05) is 0 Å². The van der Waals surface area contributed by atoms with Gasteiger partial charge in [0, 0.05) is 17.3 Å². The number of anilines is 1. The standard InChI is InChI=1S/C21H13Cl3N2O4S/c22-15-7-4-11(10-14(15)20(28)29)25-21(31)26-18(27)9-6-12-5-8-17(30-12)13-2-1-3-16(23)19(13)24/h1-10H,(H,28,29)(H2,25,26,27,31)/b9-6+. The third-order valence-electron chi connectivity index (χ3n) is 3.93. The molecule has 3 N–H and O–H groups in total. The Labute approximate surface area is 197 Å². The molecule has 6 nitrogen and oxygen atoms in total. The Hall–Kier alpha value is -2.84. The predicted molar refractivity (Wildman–Crippen MR) is 126 cm³/mol. The molecule has 3 rings (SSSR count). The summed E-state index contributed by atoms with van der Waals surface area (Å²) in [5.74, 6) is -0.766. The molecule has 3 aromatic rings. The summed E-state index contributed by atoms with van der Waals surface area (Å²) in [5.41, 5.74) is 0.909. The molecule has 158 valence electrons. The molecule has 10 heteroatoms. The third-order valence-corrected chi connectivity index (χ3v) is 5.29. The van der Waals surface area contributed by atoms with Crippen LogP contribution < -0.4 is 10.6 Å². The zero-order valence-electron chi connectivity index (χ0n) is 15.5. The molecule has 1 amide bonds. The van der Waals surface area contributed by atoms with Gasteiger partial charge in [-0.25, -0.2) is 4.79 Å². The number of carboxylic acids is 1. The van der Waals surface area contributed by atoms with E-state index in [9.17, 15) is 9.59 Å². The zero-order valence-corrected chi connectivity index (χ0v) is 18.6. The molecule has 2 aromatic carbocycles. The van der Waals surface area contributed by atoms with E-state index in [2.05, 4.69) is 10.6 Å². The van der Waals surface area contributed by atoms with E-state index in [1.165, 1.54) is 30.4 Å². The normalized spacial score (nSPS) is 10.8. The van der Waals surface area contributed by atoms with Gasteiger partial charge in [-0.3, -0.25) is 10.1 Å². The highest BCUT2D eigenvalue weighted by molar-refractivity contribution is 7.80. The van der Waals surface area contributed by atoms with Gasteiger partial charge in [0.05, 0.1) is 20.6 Å². The minimum Gasteiger partial charge on any atom is -0.478 e. The summed E-state index contributed by atoms with van der Waals surface area (Å²) in [6.07, 6.45) is 2.70. The van der Waals surface area contributed by atoms with Crippen molar-refractivity contribution in [1.82, 2.24) is 5.32 Å². The molecular formula is C21H13Cl3N2O4S. The number of rotatable bonds is 5. The van der Waals surface area contributed by atoms with Crippen LogP contribution in [0.5, 0.6) is 0 Å². The summed E-state index contributed by atoms with van der Waals surface area (Å²) in [5, 5.41) is 15.1. The van der Waals surface area contributed by atoms with Crippen molar-refractivity contribution in [1.29, 1.82) is 0 Å². The maximum atomic E-state index is 12.1. The number of carbonyl (C=O) groups is 2. The molecule has 0 atom stereocenters. The van der Waals surface area contributed by atoms with Crippen LogP contribution in [0.15, 0.2) is 59.0 Å². The number of halogens is 3. The van der Waals surface area contributed by atoms with Crippen LogP contribution in [0, 0.1) is 0 Å². The van der Waals surface area contributed by atoms with E-state index in [0.29, 0.717) is 32.8 Å². The van der Waals surface area contributed by atoms with Gasteiger partial charge in [0.2, 0.25) is 5.91 Å². The molecular weight excluding hydrogens is 483 g/mol. The average molecular weight is 496 g/mol. The largest absolute Gasteiger partial charge is 0.478 e. The molecule has 0 unspecified atom stereocenters. The molecule has 1 aromatic heterocycles. The number of benzene rings is 2. The van der Waals surface area contributed by atoms with E-state index >= 15 is 0 Å². The van der Waals surface area contributed by atoms with E-state index in [4.69, 9.17) is 56.5 Å². The summed E-state index contributed by atoms with van der Waals surface area (Å²) < 4.78 is 5.68. The maximum Gasteiger partial charge on any atom is 0.337 e. The fourth-order valence-electron chi connectivity index (χ4n) is 2.52. The van der Waals surface area contributed by atoms with Gasteiger partial charge in [0.1, 0.15) is 11.5 Å². The van der Waals surface area contributed by atoms with Crippen LogP contribution >= 0.6 is 47.0 Å². The van der Waals surface area contributed by atoms with Crippen LogP contribution in [0.3, 0.4) is 0 Å². The van der Waals surface area contributed by atoms with Crippen molar-refractivity contribution in [2.24, 2.45) is 0 Å². The smallest absolute Gasteiger partial charge is 0.337 e. The van der Waals surface area contributed by atoms with Gasteiger partial charge in [-0.05, 0) is 60.8 Å². The van der Waals surface area contributed by atoms with Crippen molar-refractivity contribution in [3.8, 4) is 11.3 Å². The van der Waals surface area contributed by atoms with E-state index in [0.717, 1.165) is 0 Å². The maximum absolute atomic E-state index is 12.1. The summed E-state index contributed by atoms with van der Waals surface area (Å²) in [6.45, 7) is 0. The number of aromatic carboxylic acids is 1. The van der Waals surface area contributed by atoms with Crippen LogP contribution in [0.2, 0.25) is 15.1 Å². The topological polar surface area (TPSA) is 91.6 Å². The second-order valence-electron chi connectivity index (χ2n) is 6.08. The molecule has 0 saturated heterocycles. The van der Waals surface area contributed by atoms with Gasteiger partial charge in [-0.1, -0.05) is 40.9 Å². The first kappa shape index (κ1) is 22.8. The molecule has 0 saturated carbocycles. The highest BCUT2D eigenvalue weighted by atomic mass is 35.5. The Morgan fingerprint density at radius 2 is 1.81 bits per heavy atom. The Bertz CT molecular complexity index is 1210. The summed E-state index contributed by atoms with van der Waals surface area (Å²) in [4.78, 5) is 23.2. The monoisotopic (exact) mass is 494 g/mol. The molecule has 0 spiro atoms. The van der Waals surface area contributed by atoms with Gasteiger partial charge in [-0.2, -0.15) is 0 Å². The van der Waals surface area contributed by atoms with Gasteiger partial charge in [0.25, 0.3) is 0 Å². The number of thiocarbonyl (C=S) groups is 1. The molecule has 0 aliphatic heterocycles. The average Bonchev–Trinajstić information content (AvgIpc) is 3.18. The predicted octanol–water partition coefficient (Wildman–Crippen LogP) is 6.13. The highest BCUT2D eigenvalue weighted by Crippen LogP contribution is 2.34. The first-order valence-electron chi connectivity index (χ1n) is 8.61. The summed E-state index contributed by atoms with van der Waals surface area (Å²) in [6, 6.07) is 12.8. The van der Waals surface area contributed by atoms with Gasteiger partial charge in [0.15, 0.2) is 5.11 Å². The molecule has 0 radical (unpaired) electrons. The van der Waals surface area contributed by atoms with Crippen molar-refractivity contribution in [3.63, 3.8) is 0 Å². The Kier molecular flexibility index (Phi) is 7.35. The second kappa shape index (κ2) is 9.98. The fraction of sp³-hybridized carbons (Fsp3) is 0. The Morgan fingerprint density at radius 3 is 2.55 bits per heavy atom. The molecule has 0 fully saturated rings. The minimum absolute atomic E-state index is 0.0147. The first-order valence-corrected chi connectivity index (χ1v) is 10.2. The van der Waals surface area contributed by atoms with Crippen molar-refractivity contribution in [2.75, 3.05) is 5.32 Å². The van der Waals surface area contributed by atoms with E-state index in [1.54, 1.807) is 30.3 Å². The van der Waals surface area contributed by atoms with E-state index in [-0.39, 0.29) is 15.7 Å². The lowest BCUT2D eigenvalue weighted by molar-refractivity contribution is -0.115. The SMILES string of the molecule is O=C(/C=C/c1ccc(-c2cccc(Cl)c2Cl)o1)NC(=S)Nc1ccc(Cl)c(C(=O)O)c1. The van der Waals surface area contributed by atoms with Crippen molar-refractivity contribution in [3.05, 3.63) is 81.0 Å². The number of nitrogens with one attached hydrogen (secondary N) is 2. The number of hydrogen-bond acceptors (Lipinski definition) is 4. The summed E-state index contributed by atoms with van der Waals surface area (Å²) in [7, 11) is 0. The Balaban J connectivity index is 1.61. The number of hydrogen-bond donors (Lipinski definition) is 3. The minimum atomic E-state index is -1.18. The van der Waals surface area contributed by atoms with Gasteiger partial charge < -0.3 is 14.8 Å². The van der Waals surface area contributed by atoms with Gasteiger partial charge >= 0.3 is 5.97 Å². The van der Waals surface area contributed by atoms with Gasteiger partial charge in [-0.15, -0.1) is 0 Å². The number of carbonyl (C=O) groups excluding carboxylic acids is 1. The zero-order chi connectivity index (χ0) is 22.5. The van der Waals surface area contributed by atoms with Crippen LogP contribution in [-0.4, -0.2) is 22.1 Å². The lowest BCUT2D eigenvalue weighted by Gasteiger charge is -2.09. The van der Waals surface area contributed by atoms with Crippen molar-refractivity contribution < 1.29 is 19.1 Å². The second-order valence-corrected chi connectivity index (χ2v) is 7.68. The van der Waals surface area contributed by atoms with Crippen LogP contribution in [0.1, 0.15) is 16.1 Å². The van der Waals surface area contributed by atoms with Crippen molar-refractivity contribution >= 4 is 75.8 Å². The highest BCUT2D eigenvalue weighted by Gasteiger charge is 2.12. The molecule has 0 bridgehead atoms.